The molecule has 1 heterocycles. The maximum atomic E-state index is 13.3. The molecule has 3 rings (SSSR count). The second kappa shape index (κ2) is 15.1. The molecule has 42 heavy (non-hydrogen) atoms. The summed E-state index contributed by atoms with van der Waals surface area (Å²) < 4.78 is 16.9. The Kier molecular flexibility index (Phi) is 11.9. The minimum atomic E-state index is -1.33. The molecule has 0 spiro atoms. The third-order valence-corrected chi connectivity index (χ3v) is 7.25. The average Bonchev–Trinajstić information content (AvgIpc) is 2.91. The molecule has 0 aromatic heterocycles. The first kappa shape index (κ1) is 33.0. The molecule has 1 aliphatic heterocycles. The van der Waals surface area contributed by atoms with Gasteiger partial charge in [0.15, 0.2) is 5.57 Å². The van der Waals surface area contributed by atoms with E-state index < -0.39 is 17.7 Å². The van der Waals surface area contributed by atoms with E-state index in [0.717, 1.165) is 55.5 Å². The van der Waals surface area contributed by atoms with E-state index in [1.165, 1.54) is 12.0 Å². The molecular formula is C35H50N2O5. The molecule has 1 fully saturated rings. The number of unbranched alkanes of at least 4 members (excludes halogenated alkanes) is 5. The van der Waals surface area contributed by atoms with Gasteiger partial charge in [-0.15, -0.1) is 0 Å². The minimum absolute atomic E-state index is 0.0427. The highest BCUT2D eigenvalue weighted by molar-refractivity contribution is 6.16. The van der Waals surface area contributed by atoms with Crippen LogP contribution < -0.4 is 10.1 Å². The zero-order valence-electron chi connectivity index (χ0n) is 26.7. The second-order valence-electron chi connectivity index (χ2n) is 12.5. The number of rotatable bonds is 15. The van der Waals surface area contributed by atoms with Crippen molar-refractivity contribution >= 4 is 17.6 Å². The molecule has 0 bridgehead atoms. The summed E-state index contributed by atoms with van der Waals surface area (Å²) in [4.78, 5) is 28.7. The summed E-state index contributed by atoms with van der Waals surface area (Å²) in [5, 5.41) is 3.39. The van der Waals surface area contributed by atoms with Crippen molar-refractivity contribution in [2.45, 2.75) is 111 Å². The van der Waals surface area contributed by atoms with E-state index in [4.69, 9.17) is 14.2 Å². The maximum absolute atomic E-state index is 13.3. The largest absolute Gasteiger partial charge is 0.494 e. The van der Waals surface area contributed by atoms with Crippen molar-refractivity contribution in [3.05, 3.63) is 71.1 Å². The number of hydrogen-bond acceptors (Lipinski definition) is 7. The fourth-order valence-electron chi connectivity index (χ4n) is 4.76. The summed E-state index contributed by atoms with van der Waals surface area (Å²) in [6, 6.07) is 16.1. The molecule has 7 nitrogen and oxygen atoms in total. The molecule has 0 radical (unpaired) electrons. The SMILES string of the molecule is CCCCCCCN(Cc1ccc(C(C)(C)C)cc1)C(Nc1ccc(OCCCC)cc1)=C1C(=O)OC(C)(C)OC1=O. The van der Waals surface area contributed by atoms with Crippen molar-refractivity contribution in [3.63, 3.8) is 0 Å². The lowest BCUT2D eigenvalue weighted by molar-refractivity contribution is -0.222. The molecule has 0 unspecified atom stereocenters. The smallest absolute Gasteiger partial charge is 0.352 e. The van der Waals surface area contributed by atoms with Gasteiger partial charge in [0.25, 0.3) is 5.79 Å². The van der Waals surface area contributed by atoms with Gasteiger partial charge in [0.1, 0.15) is 11.6 Å². The number of nitrogens with one attached hydrogen (secondary N) is 1. The standard InChI is InChI=1S/C35H50N2O5/c1-8-10-12-13-14-23-37(25-26-15-17-27(18-16-26)34(3,4)5)31(30-32(38)41-35(6,7)42-33(30)39)36-28-19-21-29(22-20-28)40-24-11-9-2/h15-22,36H,8-14,23-25H2,1-7H3. The molecular weight excluding hydrogens is 528 g/mol. The lowest BCUT2D eigenvalue weighted by Gasteiger charge is -2.34. The number of carbonyl (C=O) groups excluding carboxylic acids is 2. The number of hydrogen-bond donors (Lipinski definition) is 1. The van der Waals surface area contributed by atoms with Crippen molar-refractivity contribution in [2.75, 3.05) is 18.5 Å². The molecule has 0 amide bonds. The van der Waals surface area contributed by atoms with E-state index in [-0.39, 0.29) is 11.0 Å². The Balaban J connectivity index is 1.99. The zero-order valence-corrected chi connectivity index (χ0v) is 26.7. The molecule has 2 aromatic rings. The molecule has 0 saturated carbocycles. The summed E-state index contributed by atoms with van der Waals surface area (Å²) in [5.74, 6) is -1.56. The van der Waals surface area contributed by atoms with E-state index in [1.807, 2.05) is 24.3 Å². The van der Waals surface area contributed by atoms with Crippen molar-refractivity contribution in [3.8, 4) is 5.75 Å². The zero-order chi connectivity index (χ0) is 30.8. The van der Waals surface area contributed by atoms with Gasteiger partial charge in [-0.1, -0.05) is 91.0 Å². The third kappa shape index (κ3) is 9.81. The number of carbonyl (C=O) groups is 2. The number of benzene rings is 2. The average molecular weight is 579 g/mol. The Morgan fingerprint density at radius 3 is 2.00 bits per heavy atom. The van der Waals surface area contributed by atoms with Gasteiger partial charge < -0.3 is 24.4 Å². The van der Waals surface area contributed by atoms with Crippen LogP contribution in [-0.2, 0) is 31.0 Å². The summed E-state index contributed by atoms with van der Waals surface area (Å²) in [5.41, 5.74) is 2.97. The highest BCUT2D eigenvalue weighted by Crippen LogP contribution is 2.29. The van der Waals surface area contributed by atoms with Crippen LogP contribution in [0.2, 0.25) is 0 Å². The van der Waals surface area contributed by atoms with E-state index in [2.05, 4.69) is 69.1 Å². The Bertz CT molecular complexity index is 1170. The molecule has 230 valence electrons. The van der Waals surface area contributed by atoms with Gasteiger partial charge in [-0.25, -0.2) is 9.59 Å². The van der Waals surface area contributed by atoms with Gasteiger partial charge in [-0.05, 0) is 53.6 Å². The fraction of sp³-hybridized carbons (Fsp3) is 0.543. The van der Waals surface area contributed by atoms with E-state index in [1.54, 1.807) is 13.8 Å². The Labute approximate surface area is 252 Å². The van der Waals surface area contributed by atoms with Gasteiger partial charge in [0, 0.05) is 32.6 Å². The van der Waals surface area contributed by atoms with Crippen LogP contribution in [0.4, 0.5) is 5.69 Å². The van der Waals surface area contributed by atoms with Gasteiger partial charge in [-0.3, -0.25) is 0 Å². The highest BCUT2D eigenvalue weighted by Gasteiger charge is 2.42. The van der Waals surface area contributed by atoms with Crippen molar-refractivity contribution < 1.29 is 23.8 Å². The van der Waals surface area contributed by atoms with Crippen LogP contribution in [0.3, 0.4) is 0 Å². The summed E-state index contributed by atoms with van der Waals surface area (Å²) in [7, 11) is 0. The lowest BCUT2D eigenvalue weighted by atomic mass is 9.87. The molecule has 1 N–H and O–H groups in total. The molecule has 1 aliphatic rings. The number of esters is 2. The van der Waals surface area contributed by atoms with Crippen LogP contribution in [0.25, 0.3) is 0 Å². The number of cyclic esters (lactones) is 2. The van der Waals surface area contributed by atoms with Crippen LogP contribution in [-0.4, -0.2) is 35.8 Å². The predicted molar refractivity (Wildman–Crippen MR) is 168 cm³/mol. The third-order valence-electron chi connectivity index (χ3n) is 7.25. The van der Waals surface area contributed by atoms with Crippen molar-refractivity contribution in [1.29, 1.82) is 0 Å². The fourth-order valence-corrected chi connectivity index (χ4v) is 4.76. The molecule has 7 heteroatoms. The number of anilines is 1. The second-order valence-corrected chi connectivity index (χ2v) is 12.5. The van der Waals surface area contributed by atoms with Gasteiger partial charge >= 0.3 is 11.9 Å². The molecule has 0 atom stereocenters. The molecule has 2 aromatic carbocycles. The normalized spacial score (nSPS) is 14.7. The van der Waals surface area contributed by atoms with E-state index in [9.17, 15) is 9.59 Å². The van der Waals surface area contributed by atoms with Crippen LogP contribution in [0.5, 0.6) is 5.75 Å². The Morgan fingerprint density at radius 2 is 1.43 bits per heavy atom. The number of nitrogens with zero attached hydrogens (tertiary/aromatic N) is 1. The van der Waals surface area contributed by atoms with E-state index in [0.29, 0.717) is 25.5 Å². The maximum Gasteiger partial charge on any atom is 0.352 e. The first-order chi connectivity index (χ1) is 19.9. The minimum Gasteiger partial charge on any atom is -0.494 e. The monoisotopic (exact) mass is 578 g/mol. The van der Waals surface area contributed by atoms with Crippen LogP contribution in [0.1, 0.15) is 105 Å². The first-order valence-corrected chi connectivity index (χ1v) is 15.5. The predicted octanol–water partition coefficient (Wildman–Crippen LogP) is 8.10. The number of ether oxygens (including phenoxy) is 3. The quantitative estimate of drug-likeness (QED) is 0.0990. The summed E-state index contributed by atoms with van der Waals surface area (Å²) in [6.45, 7) is 15.8. The topological polar surface area (TPSA) is 77.1 Å². The van der Waals surface area contributed by atoms with Crippen molar-refractivity contribution in [2.24, 2.45) is 0 Å². The van der Waals surface area contributed by atoms with Gasteiger partial charge in [-0.2, -0.15) is 0 Å². The lowest BCUT2D eigenvalue weighted by Crippen LogP contribution is -2.44. The van der Waals surface area contributed by atoms with Crippen LogP contribution >= 0.6 is 0 Å². The van der Waals surface area contributed by atoms with E-state index >= 15 is 0 Å². The first-order valence-electron chi connectivity index (χ1n) is 15.5. The van der Waals surface area contributed by atoms with Crippen LogP contribution in [0, 0.1) is 0 Å². The van der Waals surface area contributed by atoms with Crippen molar-refractivity contribution in [1.82, 2.24) is 4.90 Å². The summed E-state index contributed by atoms with van der Waals surface area (Å²) in [6.07, 6.45) is 7.50. The highest BCUT2D eigenvalue weighted by atomic mass is 16.7. The van der Waals surface area contributed by atoms with Crippen LogP contribution in [0.15, 0.2) is 59.9 Å². The van der Waals surface area contributed by atoms with Gasteiger partial charge in [0.2, 0.25) is 0 Å². The summed E-state index contributed by atoms with van der Waals surface area (Å²) >= 11 is 0. The Hall–Kier alpha value is -3.48. The van der Waals surface area contributed by atoms with Gasteiger partial charge in [0.05, 0.1) is 6.61 Å². The molecule has 1 saturated heterocycles. The molecule has 0 aliphatic carbocycles. The Morgan fingerprint density at radius 1 is 0.833 bits per heavy atom.